The van der Waals surface area contributed by atoms with Gasteiger partial charge in [-0.3, -0.25) is 9.59 Å². The Kier molecular flexibility index (Phi) is 6.62. The predicted octanol–water partition coefficient (Wildman–Crippen LogP) is 3.09. The van der Waals surface area contributed by atoms with Crippen LogP contribution in [0.15, 0.2) is 24.3 Å². The van der Waals surface area contributed by atoms with Crippen LogP contribution < -0.4 is 14.7 Å². The van der Waals surface area contributed by atoms with Gasteiger partial charge in [0.25, 0.3) is 0 Å². The molecule has 35 heavy (non-hydrogen) atoms. The number of carbonyl (C=O) groups excluding carboxylic acids is 2. The summed E-state index contributed by atoms with van der Waals surface area (Å²) >= 11 is 0. The minimum atomic E-state index is -0.275. The number of anilines is 3. The molecule has 2 amide bonds. The first kappa shape index (κ1) is 23.6. The first-order chi connectivity index (χ1) is 16.9. The average molecular weight is 477 g/mol. The smallest absolute Gasteiger partial charge is 0.228 e. The quantitative estimate of drug-likeness (QED) is 0.675. The molecule has 3 aliphatic rings. The number of piperazine rings is 1. The van der Waals surface area contributed by atoms with Gasteiger partial charge < -0.3 is 19.6 Å². The first-order valence-electron chi connectivity index (χ1n) is 12.9. The minimum absolute atomic E-state index is 0.0342. The Bertz CT molecular complexity index is 1100. The number of piperidine rings is 1. The van der Waals surface area contributed by atoms with Crippen molar-refractivity contribution in [1.29, 1.82) is 0 Å². The summed E-state index contributed by atoms with van der Waals surface area (Å²) in [6, 6.07) is 8.11. The molecule has 0 radical (unpaired) electrons. The number of hydrogen-bond acceptors (Lipinski definition) is 6. The van der Waals surface area contributed by atoms with Crippen LogP contribution in [0.25, 0.3) is 0 Å². The molecule has 0 aliphatic carbocycles. The van der Waals surface area contributed by atoms with Crippen molar-refractivity contribution in [3.05, 3.63) is 41.1 Å². The highest BCUT2D eigenvalue weighted by Gasteiger charge is 2.38. The lowest BCUT2D eigenvalue weighted by Crippen LogP contribution is -2.51. The molecule has 5 rings (SSSR count). The molecule has 3 fully saturated rings. The van der Waals surface area contributed by atoms with E-state index in [-0.39, 0.29) is 24.2 Å². The maximum atomic E-state index is 13.3. The monoisotopic (exact) mass is 476 g/mol. The Hall–Kier alpha value is -3.16. The number of rotatable bonds is 4. The zero-order valence-electron chi connectivity index (χ0n) is 21.2. The third kappa shape index (κ3) is 4.97. The highest BCUT2D eigenvalue weighted by atomic mass is 16.2. The molecule has 1 unspecified atom stereocenters. The van der Waals surface area contributed by atoms with Crippen LogP contribution >= 0.6 is 0 Å². The van der Waals surface area contributed by atoms with E-state index in [1.165, 1.54) is 24.8 Å². The molecule has 8 nitrogen and oxygen atoms in total. The maximum Gasteiger partial charge on any atom is 0.228 e. The van der Waals surface area contributed by atoms with E-state index >= 15 is 0 Å². The summed E-state index contributed by atoms with van der Waals surface area (Å²) in [7, 11) is 0. The van der Waals surface area contributed by atoms with E-state index in [1.807, 2.05) is 36.1 Å². The molecule has 186 valence electrons. The van der Waals surface area contributed by atoms with Gasteiger partial charge in [-0.25, -0.2) is 4.98 Å². The Morgan fingerprint density at radius 3 is 2.31 bits per heavy atom. The highest BCUT2D eigenvalue weighted by Crippen LogP contribution is 2.29. The summed E-state index contributed by atoms with van der Waals surface area (Å²) in [5.41, 5.74) is 4.23. The van der Waals surface area contributed by atoms with Crippen molar-refractivity contribution in [2.24, 2.45) is 5.92 Å². The first-order valence-corrected chi connectivity index (χ1v) is 12.9. The topological polar surface area (TPSA) is 72.9 Å². The van der Waals surface area contributed by atoms with Gasteiger partial charge in [0, 0.05) is 69.7 Å². The highest BCUT2D eigenvalue weighted by molar-refractivity contribution is 6.00. The summed E-state index contributed by atoms with van der Waals surface area (Å²) in [6.07, 6.45) is 3.95. The number of benzene rings is 1. The van der Waals surface area contributed by atoms with E-state index in [0.29, 0.717) is 19.6 Å². The molecule has 0 N–H and O–H groups in total. The molecular formula is C27H36N6O2. The molecule has 1 aromatic carbocycles. The van der Waals surface area contributed by atoms with Crippen LogP contribution in [0.4, 0.5) is 17.5 Å². The van der Waals surface area contributed by atoms with Crippen molar-refractivity contribution in [1.82, 2.24) is 14.9 Å². The molecule has 4 heterocycles. The number of carbonyl (C=O) groups is 2. The van der Waals surface area contributed by atoms with Gasteiger partial charge in [0.05, 0.1) is 5.92 Å². The zero-order chi connectivity index (χ0) is 24.5. The molecule has 0 spiro atoms. The minimum Gasteiger partial charge on any atom is -0.353 e. The van der Waals surface area contributed by atoms with Crippen molar-refractivity contribution in [2.45, 2.75) is 46.5 Å². The van der Waals surface area contributed by atoms with Gasteiger partial charge in [-0.2, -0.15) is 4.98 Å². The number of amides is 2. The van der Waals surface area contributed by atoms with Gasteiger partial charge in [-0.1, -0.05) is 6.07 Å². The Balaban J connectivity index is 1.20. The lowest BCUT2D eigenvalue weighted by Gasteiger charge is -2.37. The fraction of sp³-hybridized carbons (Fsp3) is 0.556. The van der Waals surface area contributed by atoms with Crippen molar-refractivity contribution in [3.63, 3.8) is 0 Å². The van der Waals surface area contributed by atoms with Crippen LogP contribution in [-0.2, 0) is 9.59 Å². The molecule has 0 bridgehead atoms. The van der Waals surface area contributed by atoms with E-state index < -0.39 is 0 Å². The van der Waals surface area contributed by atoms with E-state index in [9.17, 15) is 9.59 Å². The van der Waals surface area contributed by atoms with Crippen molar-refractivity contribution >= 4 is 29.3 Å². The van der Waals surface area contributed by atoms with E-state index in [2.05, 4.69) is 28.6 Å². The van der Waals surface area contributed by atoms with Crippen LogP contribution in [0.2, 0.25) is 0 Å². The lowest BCUT2D eigenvalue weighted by molar-refractivity contribution is -0.136. The normalized spacial score (nSPS) is 21.1. The number of hydrogen-bond donors (Lipinski definition) is 0. The van der Waals surface area contributed by atoms with E-state index in [1.54, 1.807) is 4.90 Å². The molecule has 2 aromatic rings. The second-order valence-corrected chi connectivity index (χ2v) is 10.2. The largest absolute Gasteiger partial charge is 0.353 e. The Morgan fingerprint density at radius 2 is 1.60 bits per heavy atom. The van der Waals surface area contributed by atoms with Crippen molar-refractivity contribution < 1.29 is 9.59 Å². The molecule has 3 aliphatic heterocycles. The standard InChI is InChI=1S/C27H36N6O2/c1-19-7-8-23(15-20(19)2)33-18-22(17-25(33)34)26(35)31-13-11-30(12-14-31)24-16-21(3)28-27(29-24)32-9-5-4-6-10-32/h7-8,15-16,22H,4-6,9-14,17-18H2,1-3H3. The van der Waals surface area contributed by atoms with Crippen LogP contribution in [0, 0.1) is 26.7 Å². The number of aromatic nitrogens is 2. The fourth-order valence-corrected chi connectivity index (χ4v) is 5.36. The van der Waals surface area contributed by atoms with Crippen LogP contribution in [-0.4, -0.2) is 72.5 Å². The maximum absolute atomic E-state index is 13.3. The SMILES string of the molecule is Cc1cc(N2CCN(C(=O)C3CC(=O)N(c4ccc(C)c(C)c4)C3)CC2)nc(N2CCCCC2)n1. The van der Waals surface area contributed by atoms with E-state index in [0.717, 1.165) is 54.9 Å². The van der Waals surface area contributed by atoms with Gasteiger partial charge in [-0.15, -0.1) is 0 Å². The molecule has 1 aromatic heterocycles. The van der Waals surface area contributed by atoms with Crippen LogP contribution in [0.1, 0.15) is 42.5 Å². The third-order valence-electron chi connectivity index (χ3n) is 7.66. The summed E-state index contributed by atoms with van der Waals surface area (Å²) in [5.74, 6) is 1.63. The summed E-state index contributed by atoms with van der Waals surface area (Å²) in [6.45, 7) is 11.4. The third-order valence-corrected chi connectivity index (χ3v) is 7.66. The van der Waals surface area contributed by atoms with Gasteiger partial charge >= 0.3 is 0 Å². The van der Waals surface area contributed by atoms with Crippen molar-refractivity contribution in [3.8, 4) is 0 Å². The lowest BCUT2D eigenvalue weighted by atomic mass is 10.1. The number of aryl methyl sites for hydroxylation is 3. The predicted molar refractivity (Wildman–Crippen MR) is 138 cm³/mol. The van der Waals surface area contributed by atoms with Crippen molar-refractivity contribution in [2.75, 3.05) is 60.5 Å². The number of nitrogens with zero attached hydrogens (tertiary/aromatic N) is 6. The van der Waals surface area contributed by atoms with Gasteiger partial charge in [0.1, 0.15) is 5.82 Å². The molecule has 1 atom stereocenters. The molecule has 0 saturated carbocycles. The van der Waals surface area contributed by atoms with E-state index in [4.69, 9.17) is 4.98 Å². The van der Waals surface area contributed by atoms with Crippen LogP contribution in [0.5, 0.6) is 0 Å². The molecular weight excluding hydrogens is 440 g/mol. The fourth-order valence-electron chi connectivity index (χ4n) is 5.36. The van der Waals surface area contributed by atoms with Gasteiger partial charge in [0.2, 0.25) is 17.8 Å². The molecule has 3 saturated heterocycles. The zero-order valence-corrected chi connectivity index (χ0v) is 21.2. The van der Waals surface area contributed by atoms with Gasteiger partial charge in [0.15, 0.2) is 0 Å². The van der Waals surface area contributed by atoms with Crippen LogP contribution in [0.3, 0.4) is 0 Å². The molecule has 8 heteroatoms. The Labute approximate surface area is 207 Å². The summed E-state index contributed by atoms with van der Waals surface area (Å²) in [4.78, 5) is 43.8. The second-order valence-electron chi connectivity index (χ2n) is 10.2. The summed E-state index contributed by atoms with van der Waals surface area (Å²) in [5, 5.41) is 0. The summed E-state index contributed by atoms with van der Waals surface area (Å²) < 4.78 is 0. The Morgan fingerprint density at radius 1 is 0.857 bits per heavy atom. The average Bonchev–Trinajstić information content (AvgIpc) is 3.27. The second kappa shape index (κ2) is 9.84. The van der Waals surface area contributed by atoms with Gasteiger partial charge in [-0.05, 0) is 63.3 Å².